The van der Waals surface area contributed by atoms with Gasteiger partial charge in [-0.1, -0.05) is 30.3 Å². The normalized spacial score (nSPS) is 11.2. The van der Waals surface area contributed by atoms with Gasteiger partial charge in [0, 0.05) is 31.9 Å². The second-order valence-corrected chi connectivity index (χ2v) is 6.33. The highest BCUT2D eigenvalue weighted by Gasteiger charge is 2.08. The zero-order valence-corrected chi connectivity index (χ0v) is 16.6. The van der Waals surface area contributed by atoms with Crippen molar-refractivity contribution in [2.75, 3.05) is 20.6 Å². The molecule has 3 aromatic rings. The first-order valence-electron chi connectivity index (χ1n) is 9.41. The molecule has 0 radical (unpaired) electrons. The first-order chi connectivity index (χ1) is 14.2. The summed E-state index contributed by atoms with van der Waals surface area (Å²) in [5.74, 6) is 1.38. The highest BCUT2D eigenvalue weighted by molar-refractivity contribution is 5.94. The van der Waals surface area contributed by atoms with Crippen molar-refractivity contribution >= 4 is 11.9 Å². The van der Waals surface area contributed by atoms with Gasteiger partial charge in [0.1, 0.15) is 6.33 Å². The van der Waals surface area contributed by atoms with Crippen molar-refractivity contribution in [2.45, 2.75) is 13.0 Å². The van der Waals surface area contributed by atoms with E-state index in [1.54, 1.807) is 26.5 Å². The van der Waals surface area contributed by atoms with Crippen LogP contribution in [0.15, 0.2) is 65.9 Å². The molecular formula is C21H25N7O. The number of carbonyl (C=O) groups is 1. The summed E-state index contributed by atoms with van der Waals surface area (Å²) in [5.41, 5.74) is 2.75. The smallest absolute Gasteiger partial charge is 0.251 e. The number of carbonyl (C=O) groups excluding carboxylic acids is 1. The van der Waals surface area contributed by atoms with Crippen molar-refractivity contribution in [2.24, 2.45) is 4.99 Å². The van der Waals surface area contributed by atoms with E-state index in [9.17, 15) is 4.79 Å². The van der Waals surface area contributed by atoms with Crippen LogP contribution in [0.2, 0.25) is 0 Å². The van der Waals surface area contributed by atoms with Gasteiger partial charge in [-0.05, 0) is 36.2 Å². The van der Waals surface area contributed by atoms with E-state index in [0.717, 1.165) is 23.5 Å². The molecular weight excluding hydrogens is 366 g/mol. The summed E-state index contributed by atoms with van der Waals surface area (Å²) in [6.45, 7) is 1.17. The average molecular weight is 391 g/mol. The molecule has 0 aliphatic heterocycles. The molecule has 1 amide bonds. The van der Waals surface area contributed by atoms with Crippen LogP contribution in [-0.2, 0) is 13.0 Å². The minimum absolute atomic E-state index is 0.0835. The van der Waals surface area contributed by atoms with Crippen LogP contribution in [0.5, 0.6) is 0 Å². The Balaban J connectivity index is 1.52. The van der Waals surface area contributed by atoms with Gasteiger partial charge in [-0.15, -0.1) is 10.2 Å². The molecule has 0 aliphatic rings. The Hall–Kier alpha value is -3.68. The molecule has 29 heavy (non-hydrogen) atoms. The average Bonchev–Trinajstić information content (AvgIpc) is 3.25. The molecule has 3 rings (SSSR count). The van der Waals surface area contributed by atoms with Crippen molar-refractivity contribution in [1.29, 1.82) is 0 Å². The summed E-state index contributed by atoms with van der Waals surface area (Å²) < 4.78 is 1.94. The maximum Gasteiger partial charge on any atom is 0.251 e. The number of nitrogens with one attached hydrogen (secondary N) is 3. The number of benzene rings is 2. The van der Waals surface area contributed by atoms with Crippen LogP contribution in [0.3, 0.4) is 0 Å². The van der Waals surface area contributed by atoms with E-state index in [4.69, 9.17) is 0 Å². The zero-order chi connectivity index (χ0) is 20.5. The Kier molecular flexibility index (Phi) is 6.94. The van der Waals surface area contributed by atoms with Crippen molar-refractivity contribution in [3.05, 3.63) is 77.9 Å². The fraction of sp³-hybridized carbons (Fsp3) is 0.238. The summed E-state index contributed by atoms with van der Waals surface area (Å²) in [6, 6.07) is 17.5. The fourth-order valence-corrected chi connectivity index (χ4v) is 2.90. The molecule has 0 saturated carbocycles. The lowest BCUT2D eigenvalue weighted by atomic mass is 10.1. The molecule has 0 atom stereocenters. The number of hydrogen-bond donors (Lipinski definition) is 3. The Morgan fingerprint density at radius 2 is 1.93 bits per heavy atom. The first kappa shape index (κ1) is 20.1. The third-order valence-electron chi connectivity index (χ3n) is 4.41. The SMILES string of the molecule is CN=C(NCCc1cccc(C(=O)NC)c1)NCc1nncn1-c1ccccc1. The van der Waals surface area contributed by atoms with Gasteiger partial charge in [0.15, 0.2) is 11.8 Å². The largest absolute Gasteiger partial charge is 0.356 e. The van der Waals surface area contributed by atoms with Gasteiger partial charge < -0.3 is 16.0 Å². The van der Waals surface area contributed by atoms with Crippen LogP contribution in [0.4, 0.5) is 0 Å². The molecule has 1 heterocycles. The Morgan fingerprint density at radius 3 is 2.69 bits per heavy atom. The molecule has 150 valence electrons. The number of nitrogens with zero attached hydrogens (tertiary/aromatic N) is 4. The lowest BCUT2D eigenvalue weighted by Crippen LogP contribution is -2.38. The molecule has 8 heteroatoms. The van der Waals surface area contributed by atoms with Crippen LogP contribution >= 0.6 is 0 Å². The highest BCUT2D eigenvalue weighted by Crippen LogP contribution is 2.08. The fourth-order valence-electron chi connectivity index (χ4n) is 2.90. The van der Waals surface area contributed by atoms with E-state index in [0.29, 0.717) is 24.6 Å². The third-order valence-corrected chi connectivity index (χ3v) is 4.41. The lowest BCUT2D eigenvalue weighted by Gasteiger charge is -2.12. The molecule has 1 aromatic heterocycles. The molecule has 0 aliphatic carbocycles. The zero-order valence-electron chi connectivity index (χ0n) is 16.6. The molecule has 2 aromatic carbocycles. The summed E-state index contributed by atoms with van der Waals surface area (Å²) >= 11 is 0. The van der Waals surface area contributed by atoms with E-state index in [1.807, 2.05) is 53.1 Å². The van der Waals surface area contributed by atoms with Gasteiger partial charge in [-0.25, -0.2) is 0 Å². The molecule has 0 bridgehead atoms. The molecule has 3 N–H and O–H groups in total. The van der Waals surface area contributed by atoms with Crippen molar-refractivity contribution in [3.63, 3.8) is 0 Å². The molecule has 8 nitrogen and oxygen atoms in total. The second kappa shape index (κ2) is 10.0. The number of guanidine groups is 1. The summed E-state index contributed by atoms with van der Waals surface area (Å²) in [4.78, 5) is 16.0. The monoisotopic (exact) mass is 391 g/mol. The van der Waals surface area contributed by atoms with Crippen LogP contribution in [0, 0.1) is 0 Å². The van der Waals surface area contributed by atoms with Crippen LogP contribution in [0.25, 0.3) is 5.69 Å². The Labute approximate surface area is 170 Å². The highest BCUT2D eigenvalue weighted by atomic mass is 16.1. The van der Waals surface area contributed by atoms with Crippen molar-refractivity contribution < 1.29 is 4.79 Å². The Bertz CT molecular complexity index is 966. The summed E-state index contributed by atoms with van der Waals surface area (Å²) in [6.07, 6.45) is 2.47. The number of aromatic nitrogens is 3. The van der Waals surface area contributed by atoms with Gasteiger partial charge in [0.2, 0.25) is 0 Å². The van der Waals surface area contributed by atoms with Crippen LogP contribution in [-0.4, -0.2) is 47.3 Å². The van der Waals surface area contributed by atoms with E-state index in [-0.39, 0.29) is 5.91 Å². The van der Waals surface area contributed by atoms with Crippen molar-refractivity contribution in [1.82, 2.24) is 30.7 Å². The molecule has 0 saturated heterocycles. The molecule has 0 unspecified atom stereocenters. The van der Waals surface area contributed by atoms with E-state index in [1.165, 1.54) is 0 Å². The quantitative estimate of drug-likeness (QED) is 0.419. The number of aliphatic imine (C=N–C) groups is 1. The van der Waals surface area contributed by atoms with E-state index < -0.39 is 0 Å². The minimum Gasteiger partial charge on any atom is -0.356 e. The maximum absolute atomic E-state index is 11.8. The number of para-hydroxylation sites is 1. The topological polar surface area (TPSA) is 96.2 Å². The van der Waals surface area contributed by atoms with E-state index >= 15 is 0 Å². The summed E-state index contributed by atoms with van der Waals surface area (Å²) in [7, 11) is 3.36. The van der Waals surface area contributed by atoms with Gasteiger partial charge >= 0.3 is 0 Å². The third kappa shape index (κ3) is 5.41. The molecule has 0 fully saturated rings. The van der Waals surface area contributed by atoms with Crippen molar-refractivity contribution in [3.8, 4) is 5.69 Å². The van der Waals surface area contributed by atoms with Gasteiger partial charge in [-0.3, -0.25) is 14.4 Å². The minimum atomic E-state index is -0.0835. The second-order valence-electron chi connectivity index (χ2n) is 6.33. The first-order valence-corrected chi connectivity index (χ1v) is 9.41. The van der Waals surface area contributed by atoms with E-state index in [2.05, 4.69) is 31.1 Å². The van der Waals surface area contributed by atoms with Crippen LogP contribution < -0.4 is 16.0 Å². The summed E-state index contributed by atoms with van der Waals surface area (Å²) in [5, 5.41) is 17.4. The number of hydrogen-bond acceptors (Lipinski definition) is 4. The maximum atomic E-state index is 11.8. The van der Waals surface area contributed by atoms with Gasteiger partial charge in [-0.2, -0.15) is 0 Å². The molecule has 0 spiro atoms. The lowest BCUT2D eigenvalue weighted by molar-refractivity contribution is 0.0963. The Morgan fingerprint density at radius 1 is 1.10 bits per heavy atom. The number of rotatable bonds is 7. The predicted molar refractivity (Wildman–Crippen MR) is 113 cm³/mol. The standard InChI is InChI=1S/C21H25N7O/c1-22-20(29)17-8-6-7-16(13-17)11-12-24-21(23-2)25-14-19-27-26-15-28(19)18-9-4-3-5-10-18/h3-10,13,15H,11-12,14H2,1-2H3,(H,22,29)(H2,23,24,25). The van der Waals surface area contributed by atoms with Gasteiger partial charge in [0.05, 0.1) is 6.54 Å². The van der Waals surface area contributed by atoms with Gasteiger partial charge in [0.25, 0.3) is 5.91 Å². The van der Waals surface area contributed by atoms with Crippen LogP contribution in [0.1, 0.15) is 21.7 Å². The number of amides is 1. The predicted octanol–water partition coefficient (Wildman–Crippen LogP) is 1.53.